The molecule has 2 aromatic heterocycles. The average molecular weight is 340 g/mol. The van der Waals surface area contributed by atoms with Gasteiger partial charge < -0.3 is 9.84 Å². The first kappa shape index (κ1) is 16.1. The quantitative estimate of drug-likeness (QED) is 0.727. The Bertz CT molecular complexity index is 875. The van der Waals surface area contributed by atoms with E-state index < -0.39 is 5.97 Å². The molecular formula is C18H16N2O3S. The lowest BCUT2D eigenvalue weighted by atomic mass is 10.0. The Morgan fingerprint density at radius 3 is 2.83 bits per heavy atom. The fraction of sp³-hybridized carbons (Fsp3) is 0.167. The summed E-state index contributed by atoms with van der Waals surface area (Å²) in [6, 6.07) is 9.01. The Kier molecular flexibility index (Phi) is 4.57. The van der Waals surface area contributed by atoms with Gasteiger partial charge in [0.1, 0.15) is 17.0 Å². The van der Waals surface area contributed by atoms with Gasteiger partial charge in [0, 0.05) is 17.1 Å². The van der Waals surface area contributed by atoms with Crippen LogP contribution in [-0.4, -0.2) is 21.0 Å². The van der Waals surface area contributed by atoms with Gasteiger partial charge in [-0.1, -0.05) is 6.92 Å². The molecule has 3 aromatic rings. The number of phenolic OH excluding ortho intramolecular Hbond substituents is 1. The van der Waals surface area contributed by atoms with Crippen LogP contribution in [0.3, 0.4) is 0 Å². The molecule has 5 nitrogen and oxygen atoms in total. The maximum atomic E-state index is 12.2. The molecule has 0 amide bonds. The molecule has 1 aromatic carbocycles. The summed E-state index contributed by atoms with van der Waals surface area (Å²) in [5.41, 5.74) is 2.69. The molecular weight excluding hydrogens is 324 g/mol. The first-order valence-corrected chi connectivity index (χ1v) is 8.31. The molecule has 0 unspecified atom stereocenters. The molecule has 24 heavy (non-hydrogen) atoms. The number of hydrogen-bond acceptors (Lipinski definition) is 6. The van der Waals surface area contributed by atoms with Crippen LogP contribution in [0.2, 0.25) is 0 Å². The van der Waals surface area contributed by atoms with Gasteiger partial charge in [-0.2, -0.15) is 0 Å². The van der Waals surface area contributed by atoms with Crippen LogP contribution in [0.1, 0.15) is 27.7 Å². The lowest BCUT2D eigenvalue weighted by Crippen LogP contribution is -2.07. The van der Waals surface area contributed by atoms with Crippen molar-refractivity contribution in [2.45, 2.75) is 20.3 Å². The Balaban J connectivity index is 1.85. The highest BCUT2D eigenvalue weighted by Gasteiger charge is 2.14. The molecule has 0 saturated carbocycles. The van der Waals surface area contributed by atoms with Gasteiger partial charge in [0.15, 0.2) is 0 Å². The summed E-state index contributed by atoms with van der Waals surface area (Å²) in [4.78, 5) is 21.3. The molecule has 6 heteroatoms. The number of thiophene rings is 1. The van der Waals surface area contributed by atoms with Crippen LogP contribution in [0.4, 0.5) is 0 Å². The summed E-state index contributed by atoms with van der Waals surface area (Å²) in [6.07, 6.45) is 3.59. The van der Waals surface area contributed by atoms with Crippen molar-refractivity contribution in [3.05, 3.63) is 58.9 Å². The highest BCUT2D eigenvalue weighted by atomic mass is 32.1. The van der Waals surface area contributed by atoms with Gasteiger partial charge in [-0.25, -0.2) is 14.8 Å². The molecule has 2 heterocycles. The van der Waals surface area contributed by atoms with E-state index >= 15 is 0 Å². The minimum atomic E-state index is -0.448. The van der Waals surface area contributed by atoms with Crippen molar-refractivity contribution in [1.82, 2.24) is 9.97 Å². The van der Waals surface area contributed by atoms with Gasteiger partial charge in [0.25, 0.3) is 0 Å². The number of aromatic nitrogens is 2. The molecule has 0 aliphatic heterocycles. The van der Waals surface area contributed by atoms with Crippen molar-refractivity contribution in [3.8, 4) is 22.1 Å². The second kappa shape index (κ2) is 6.80. The standard InChI is InChI=1S/C18H16N2O3S/c1-3-12-9-13(8-11(2)17(12)21)14-4-5-15(24-14)18(22)23-16-6-7-19-10-20-16/h4-10,21H,3H2,1-2H3. The minimum Gasteiger partial charge on any atom is -0.507 e. The third kappa shape index (κ3) is 3.28. The number of esters is 1. The highest BCUT2D eigenvalue weighted by molar-refractivity contribution is 7.17. The van der Waals surface area contributed by atoms with Crippen molar-refractivity contribution in [2.75, 3.05) is 0 Å². The molecule has 0 radical (unpaired) electrons. The first-order valence-electron chi connectivity index (χ1n) is 7.49. The average Bonchev–Trinajstić information content (AvgIpc) is 3.08. The van der Waals surface area contributed by atoms with E-state index in [1.165, 1.54) is 29.9 Å². The fourth-order valence-electron chi connectivity index (χ4n) is 2.35. The van der Waals surface area contributed by atoms with E-state index in [0.717, 1.165) is 28.0 Å². The predicted octanol–water partition coefficient (Wildman–Crippen LogP) is 4.00. The summed E-state index contributed by atoms with van der Waals surface area (Å²) in [6.45, 7) is 3.87. The first-order chi connectivity index (χ1) is 11.6. The van der Waals surface area contributed by atoms with E-state index in [1.807, 2.05) is 32.0 Å². The van der Waals surface area contributed by atoms with Crippen LogP contribution >= 0.6 is 11.3 Å². The predicted molar refractivity (Wildman–Crippen MR) is 92.5 cm³/mol. The number of aromatic hydroxyl groups is 1. The monoisotopic (exact) mass is 340 g/mol. The Labute approximate surface area is 143 Å². The Morgan fingerprint density at radius 1 is 1.29 bits per heavy atom. The van der Waals surface area contributed by atoms with Crippen molar-refractivity contribution >= 4 is 17.3 Å². The molecule has 122 valence electrons. The highest BCUT2D eigenvalue weighted by Crippen LogP contribution is 2.34. The van der Waals surface area contributed by atoms with Crippen LogP contribution in [0, 0.1) is 6.92 Å². The summed E-state index contributed by atoms with van der Waals surface area (Å²) < 4.78 is 5.22. The van der Waals surface area contributed by atoms with E-state index in [1.54, 1.807) is 6.07 Å². The normalized spacial score (nSPS) is 10.6. The number of ether oxygens (including phenoxy) is 1. The SMILES string of the molecule is CCc1cc(-c2ccc(C(=O)Oc3ccncn3)s2)cc(C)c1O. The molecule has 0 bridgehead atoms. The summed E-state index contributed by atoms with van der Waals surface area (Å²) in [5.74, 6) is 0.107. The minimum absolute atomic E-state index is 0.221. The maximum absolute atomic E-state index is 12.2. The number of nitrogens with zero attached hydrogens (tertiary/aromatic N) is 2. The molecule has 3 rings (SSSR count). The van der Waals surface area contributed by atoms with Gasteiger partial charge in [0.05, 0.1) is 0 Å². The van der Waals surface area contributed by atoms with E-state index in [-0.39, 0.29) is 5.88 Å². The third-order valence-corrected chi connectivity index (χ3v) is 4.72. The number of aryl methyl sites for hydroxylation is 2. The summed E-state index contributed by atoms with van der Waals surface area (Å²) >= 11 is 1.35. The molecule has 0 fully saturated rings. The number of phenols is 1. The van der Waals surface area contributed by atoms with Crippen molar-refractivity contribution in [2.24, 2.45) is 0 Å². The molecule has 0 aliphatic carbocycles. The fourth-order valence-corrected chi connectivity index (χ4v) is 3.22. The van der Waals surface area contributed by atoms with Crippen LogP contribution < -0.4 is 4.74 Å². The van der Waals surface area contributed by atoms with E-state index in [4.69, 9.17) is 4.74 Å². The Morgan fingerprint density at radius 2 is 2.12 bits per heavy atom. The van der Waals surface area contributed by atoms with Gasteiger partial charge in [0.2, 0.25) is 5.88 Å². The number of rotatable bonds is 4. The van der Waals surface area contributed by atoms with Gasteiger partial charge in [-0.05, 0) is 54.3 Å². The van der Waals surface area contributed by atoms with Crippen LogP contribution in [0.5, 0.6) is 11.6 Å². The van der Waals surface area contributed by atoms with Crippen molar-refractivity contribution < 1.29 is 14.6 Å². The largest absolute Gasteiger partial charge is 0.507 e. The molecule has 0 aliphatic rings. The lowest BCUT2D eigenvalue weighted by molar-refractivity contribution is 0.0732. The van der Waals surface area contributed by atoms with E-state index in [0.29, 0.717) is 10.6 Å². The Hall–Kier alpha value is -2.73. The van der Waals surface area contributed by atoms with Gasteiger partial charge in [-0.15, -0.1) is 11.3 Å². The van der Waals surface area contributed by atoms with Crippen LogP contribution in [0.15, 0.2) is 42.9 Å². The van der Waals surface area contributed by atoms with Gasteiger partial charge >= 0.3 is 5.97 Å². The second-order valence-corrected chi connectivity index (χ2v) is 6.34. The van der Waals surface area contributed by atoms with Gasteiger partial charge in [-0.3, -0.25) is 0 Å². The van der Waals surface area contributed by atoms with E-state index in [2.05, 4.69) is 9.97 Å². The van der Waals surface area contributed by atoms with E-state index in [9.17, 15) is 9.90 Å². The zero-order valence-corrected chi connectivity index (χ0v) is 14.1. The zero-order chi connectivity index (χ0) is 17.1. The summed E-state index contributed by atoms with van der Waals surface area (Å²) in [7, 11) is 0. The molecule has 0 saturated heterocycles. The topological polar surface area (TPSA) is 72.3 Å². The lowest BCUT2D eigenvalue weighted by Gasteiger charge is -2.08. The number of benzene rings is 1. The zero-order valence-electron chi connectivity index (χ0n) is 13.3. The molecule has 1 N–H and O–H groups in total. The second-order valence-electron chi connectivity index (χ2n) is 5.26. The van der Waals surface area contributed by atoms with Crippen LogP contribution in [-0.2, 0) is 6.42 Å². The third-order valence-electron chi connectivity index (χ3n) is 3.60. The smallest absolute Gasteiger partial charge is 0.355 e. The number of carbonyl (C=O) groups is 1. The number of hydrogen-bond donors (Lipinski definition) is 1. The molecule has 0 spiro atoms. The summed E-state index contributed by atoms with van der Waals surface area (Å²) in [5, 5.41) is 10.0. The maximum Gasteiger partial charge on any atom is 0.355 e. The van der Waals surface area contributed by atoms with Crippen molar-refractivity contribution in [3.63, 3.8) is 0 Å². The van der Waals surface area contributed by atoms with Crippen molar-refractivity contribution in [1.29, 1.82) is 0 Å². The molecule has 0 atom stereocenters. The van der Waals surface area contributed by atoms with Crippen LogP contribution in [0.25, 0.3) is 10.4 Å². The number of carbonyl (C=O) groups excluding carboxylic acids is 1.